The van der Waals surface area contributed by atoms with Crippen molar-refractivity contribution >= 4 is 11.9 Å². The minimum atomic E-state index is -0.700. The second-order valence-corrected chi connectivity index (χ2v) is 6.49. The van der Waals surface area contributed by atoms with Crippen LogP contribution in [0.3, 0.4) is 0 Å². The van der Waals surface area contributed by atoms with Crippen LogP contribution >= 0.6 is 0 Å². The molecule has 0 aliphatic heterocycles. The summed E-state index contributed by atoms with van der Waals surface area (Å²) in [6.45, 7) is 11.7. The molecule has 0 saturated carbocycles. The molecule has 0 spiro atoms. The van der Waals surface area contributed by atoms with Crippen molar-refractivity contribution in [2.75, 3.05) is 19.8 Å². The number of hydrogen-bond donors (Lipinski definition) is 2. The third-order valence-corrected chi connectivity index (χ3v) is 3.49. The first-order valence-corrected chi connectivity index (χ1v) is 7.55. The first kappa shape index (κ1) is 20.6. The van der Waals surface area contributed by atoms with E-state index in [1.54, 1.807) is 6.92 Å². The lowest BCUT2D eigenvalue weighted by molar-refractivity contribution is -0.152. The molecule has 0 amide bonds. The SMILES string of the molecule is C=C(C)C(=O)OCCOC(=O)C(N)C(C)CC(C)(C)CCN. The van der Waals surface area contributed by atoms with Gasteiger partial charge in [0.1, 0.15) is 19.3 Å². The molecule has 6 heteroatoms. The van der Waals surface area contributed by atoms with E-state index in [-0.39, 0.29) is 24.5 Å². The van der Waals surface area contributed by atoms with E-state index in [4.69, 9.17) is 20.9 Å². The molecular weight excluding hydrogens is 284 g/mol. The molecule has 0 aliphatic carbocycles. The summed E-state index contributed by atoms with van der Waals surface area (Å²) in [5, 5.41) is 0. The molecule has 0 saturated heterocycles. The Labute approximate surface area is 133 Å². The van der Waals surface area contributed by atoms with E-state index in [1.807, 2.05) is 6.92 Å². The highest BCUT2D eigenvalue weighted by Crippen LogP contribution is 2.29. The molecule has 4 N–H and O–H groups in total. The van der Waals surface area contributed by atoms with Crippen molar-refractivity contribution in [3.8, 4) is 0 Å². The van der Waals surface area contributed by atoms with Crippen LogP contribution in [0.5, 0.6) is 0 Å². The first-order chi connectivity index (χ1) is 10.1. The smallest absolute Gasteiger partial charge is 0.333 e. The molecule has 0 heterocycles. The topological polar surface area (TPSA) is 105 Å². The third-order valence-electron chi connectivity index (χ3n) is 3.49. The van der Waals surface area contributed by atoms with Gasteiger partial charge >= 0.3 is 11.9 Å². The lowest BCUT2D eigenvalue weighted by Crippen LogP contribution is -2.40. The van der Waals surface area contributed by atoms with Gasteiger partial charge in [-0.05, 0) is 37.6 Å². The summed E-state index contributed by atoms with van der Waals surface area (Å²) in [7, 11) is 0. The van der Waals surface area contributed by atoms with Gasteiger partial charge in [-0.15, -0.1) is 0 Å². The lowest BCUT2D eigenvalue weighted by atomic mass is 9.78. The highest BCUT2D eigenvalue weighted by Gasteiger charge is 2.28. The maximum absolute atomic E-state index is 11.9. The third kappa shape index (κ3) is 8.14. The van der Waals surface area contributed by atoms with Crippen LogP contribution in [0.1, 0.15) is 40.5 Å². The average molecular weight is 314 g/mol. The van der Waals surface area contributed by atoms with Gasteiger partial charge in [0.05, 0.1) is 0 Å². The fourth-order valence-corrected chi connectivity index (χ4v) is 2.22. The zero-order valence-electron chi connectivity index (χ0n) is 14.2. The van der Waals surface area contributed by atoms with Crippen molar-refractivity contribution in [3.63, 3.8) is 0 Å². The van der Waals surface area contributed by atoms with Gasteiger partial charge in [0.2, 0.25) is 0 Å². The standard InChI is InChI=1S/C16H30N2O4/c1-11(2)14(19)21-8-9-22-15(20)13(18)12(3)10-16(4,5)6-7-17/h12-13H,1,6-10,17-18H2,2-5H3. The van der Waals surface area contributed by atoms with Gasteiger partial charge < -0.3 is 20.9 Å². The van der Waals surface area contributed by atoms with Crippen molar-refractivity contribution < 1.29 is 19.1 Å². The summed E-state index contributed by atoms with van der Waals surface area (Å²) in [5.41, 5.74) is 11.8. The Hall–Kier alpha value is -1.40. The van der Waals surface area contributed by atoms with Crippen molar-refractivity contribution in [1.82, 2.24) is 0 Å². The summed E-state index contributed by atoms with van der Waals surface area (Å²) in [5.74, 6) is -1.01. The molecule has 2 atom stereocenters. The normalized spacial score (nSPS) is 14.1. The maximum atomic E-state index is 11.9. The molecular formula is C16H30N2O4. The van der Waals surface area contributed by atoms with Gasteiger partial charge in [-0.25, -0.2) is 4.79 Å². The van der Waals surface area contributed by atoms with Crippen LogP contribution in [0.4, 0.5) is 0 Å². The number of hydrogen-bond acceptors (Lipinski definition) is 6. The van der Waals surface area contributed by atoms with Crippen LogP contribution in [0.25, 0.3) is 0 Å². The van der Waals surface area contributed by atoms with Crippen LogP contribution < -0.4 is 11.5 Å². The van der Waals surface area contributed by atoms with Crippen molar-refractivity contribution in [3.05, 3.63) is 12.2 Å². The number of rotatable bonds is 10. The van der Waals surface area contributed by atoms with E-state index in [0.29, 0.717) is 12.1 Å². The molecule has 6 nitrogen and oxygen atoms in total. The summed E-state index contributed by atoms with van der Waals surface area (Å²) in [4.78, 5) is 23.0. The Morgan fingerprint density at radius 3 is 2.27 bits per heavy atom. The Kier molecular flexibility index (Phi) is 8.97. The largest absolute Gasteiger partial charge is 0.461 e. The molecule has 0 fully saturated rings. The molecule has 0 bridgehead atoms. The number of ether oxygens (including phenoxy) is 2. The molecule has 0 radical (unpaired) electrons. The van der Waals surface area contributed by atoms with Crippen molar-refractivity contribution in [1.29, 1.82) is 0 Å². The van der Waals surface area contributed by atoms with E-state index < -0.39 is 18.0 Å². The van der Waals surface area contributed by atoms with Crippen LogP contribution in [0.2, 0.25) is 0 Å². The lowest BCUT2D eigenvalue weighted by Gasteiger charge is -2.29. The van der Waals surface area contributed by atoms with Gasteiger partial charge in [-0.2, -0.15) is 0 Å². The van der Waals surface area contributed by atoms with Gasteiger partial charge in [-0.1, -0.05) is 27.4 Å². The van der Waals surface area contributed by atoms with Crippen LogP contribution in [-0.4, -0.2) is 37.7 Å². The summed E-state index contributed by atoms with van der Waals surface area (Å²) >= 11 is 0. The van der Waals surface area contributed by atoms with E-state index in [2.05, 4.69) is 20.4 Å². The molecule has 0 aromatic rings. The van der Waals surface area contributed by atoms with E-state index in [9.17, 15) is 9.59 Å². The maximum Gasteiger partial charge on any atom is 0.333 e. The molecule has 0 aromatic heterocycles. The number of esters is 2. The minimum absolute atomic E-state index is 0.00278. The summed E-state index contributed by atoms with van der Waals surface area (Å²) in [6.07, 6.45) is 1.65. The monoisotopic (exact) mass is 314 g/mol. The second-order valence-electron chi connectivity index (χ2n) is 6.49. The van der Waals surface area contributed by atoms with Crippen LogP contribution in [0, 0.1) is 11.3 Å². The first-order valence-electron chi connectivity index (χ1n) is 7.55. The Morgan fingerprint density at radius 2 is 1.77 bits per heavy atom. The summed E-state index contributed by atoms with van der Waals surface area (Å²) < 4.78 is 9.87. The molecule has 22 heavy (non-hydrogen) atoms. The number of nitrogens with two attached hydrogens (primary N) is 2. The molecule has 128 valence electrons. The fraction of sp³-hybridized carbons (Fsp3) is 0.750. The van der Waals surface area contributed by atoms with Crippen molar-refractivity contribution in [2.24, 2.45) is 22.8 Å². The van der Waals surface area contributed by atoms with Gasteiger partial charge in [0, 0.05) is 5.57 Å². The quantitative estimate of drug-likeness (QED) is 0.358. The van der Waals surface area contributed by atoms with E-state index in [1.165, 1.54) is 0 Å². The minimum Gasteiger partial charge on any atom is -0.461 e. The second kappa shape index (κ2) is 9.58. The predicted octanol–water partition coefficient (Wildman–Crippen LogP) is 1.38. The van der Waals surface area contributed by atoms with Crippen molar-refractivity contribution in [2.45, 2.75) is 46.6 Å². The van der Waals surface area contributed by atoms with Gasteiger partial charge in [0.25, 0.3) is 0 Å². The molecule has 0 aliphatic rings. The van der Waals surface area contributed by atoms with E-state index >= 15 is 0 Å². The Bertz CT molecular complexity index is 394. The highest BCUT2D eigenvalue weighted by molar-refractivity contribution is 5.86. The fourth-order valence-electron chi connectivity index (χ4n) is 2.22. The van der Waals surface area contributed by atoms with Crippen LogP contribution in [0.15, 0.2) is 12.2 Å². The number of carbonyl (C=O) groups is 2. The van der Waals surface area contributed by atoms with Crippen LogP contribution in [-0.2, 0) is 19.1 Å². The Balaban J connectivity index is 4.15. The molecule has 0 aromatic carbocycles. The van der Waals surface area contributed by atoms with Gasteiger partial charge in [-0.3, -0.25) is 4.79 Å². The summed E-state index contributed by atoms with van der Waals surface area (Å²) in [6, 6.07) is -0.700. The van der Waals surface area contributed by atoms with E-state index in [0.717, 1.165) is 12.8 Å². The average Bonchev–Trinajstić information content (AvgIpc) is 2.41. The number of carbonyl (C=O) groups excluding carboxylic acids is 2. The highest BCUT2D eigenvalue weighted by atomic mass is 16.6. The predicted molar refractivity (Wildman–Crippen MR) is 85.9 cm³/mol. The zero-order valence-corrected chi connectivity index (χ0v) is 14.2. The molecule has 0 rings (SSSR count). The van der Waals surface area contributed by atoms with Gasteiger partial charge in [0.15, 0.2) is 0 Å². The zero-order chi connectivity index (χ0) is 17.3. The Morgan fingerprint density at radius 1 is 1.23 bits per heavy atom. The molecule has 2 unspecified atom stereocenters.